The van der Waals surface area contributed by atoms with Gasteiger partial charge in [0, 0.05) is 25.8 Å². The Kier molecular flexibility index (Phi) is 4.03. The molecule has 0 aromatic carbocycles. The maximum absolute atomic E-state index is 12.5. The second kappa shape index (κ2) is 5.53. The van der Waals surface area contributed by atoms with Gasteiger partial charge in [-0.25, -0.2) is 4.98 Å². The molecule has 0 spiro atoms. The zero-order valence-electron chi connectivity index (χ0n) is 9.63. The number of halogens is 3. The van der Waals surface area contributed by atoms with Crippen LogP contribution in [0.15, 0.2) is 18.3 Å². The van der Waals surface area contributed by atoms with E-state index in [1.807, 2.05) is 0 Å². The van der Waals surface area contributed by atoms with Crippen molar-refractivity contribution in [2.75, 3.05) is 31.6 Å². The van der Waals surface area contributed by atoms with Gasteiger partial charge in [0.15, 0.2) is 0 Å². The van der Waals surface area contributed by atoms with Crippen LogP contribution < -0.4 is 10.6 Å². The molecule has 100 valence electrons. The smallest absolute Gasteiger partial charge is 0.374 e. The van der Waals surface area contributed by atoms with Crippen molar-refractivity contribution < 1.29 is 17.9 Å². The molecule has 1 aromatic heterocycles. The minimum atomic E-state index is -4.34. The molecule has 18 heavy (non-hydrogen) atoms. The number of rotatable bonds is 3. The van der Waals surface area contributed by atoms with Crippen molar-refractivity contribution >= 4 is 5.82 Å². The van der Waals surface area contributed by atoms with E-state index in [2.05, 4.69) is 15.6 Å². The molecule has 7 heteroatoms. The quantitative estimate of drug-likeness (QED) is 0.865. The van der Waals surface area contributed by atoms with Gasteiger partial charge in [0.05, 0.1) is 18.3 Å². The molecule has 2 heterocycles. The molecule has 1 atom stereocenters. The molecule has 2 N–H and O–H groups in total. The van der Waals surface area contributed by atoms with Crippen LogP contribution in [0.3, 0.4) is 0 Å². The fraction of sp³-hybridized carbons (Fsp3) is 0.545. The van der Waals surface area contributed by atoms with Crippen molar-refractivity contribution in [3.63, 3.8) is 0 Å². The molecule has 0 amide bonds. The van der Waals surface area contributed by atoms with Crippen LogP contribution in [0.4, 0.5) is 19.0 Å². The number of ether oxygens (including phenoxy) is 1. The zero-order valence-corrected chi connectivity index (χ0v) is 9.63. The molecule has 1 fully saturated rings. The molecule has 1 saturated heterocycles. The van der Waals surface area contributed by atoms with Crippen LogP contribution in [0.5, 0.6) is 0 Å². The summed E-state index contributed by atoms with van der Waals surface area (Å²) in [5.41, 5.74) is -0.706. The van der Waals surface area contributed by atoms with Gasteiger partial charge < -0.3 is 15.4 Å². The first-order valence-electron chi connectivity index (χ1n) is 5.65. The molecule has 1 aliphatic heterocycles. The molecule has 0 aliphatic carbocycles. The second-order valence-corrected chi connectivity index (χ2v) is 4.01. The molecule has 1 unspecified atom stereocenters. The predicted octanol–water partition coefficient (Wildman–Crippen LogP) is 1.50. The van der Waals surface area contributed by atoms with E-state index >= 15 is 0 Å². The molecule has 2 rings (SSSR count). The largest absolute Gasteiger partial charge is 0.416 e. The summed E-state index contributed by atoms with van der Waals surface area (Å²) >= 11 is 0. The number of aromatic nitrogens is 1. The number of alkyl halides is 3. The molecular formula is C11H14F3N3O. The molecular weight excluding hydrogens is 247 g/mol. The number of pyridine rings is 1. The number of nitrogens with one attached hydrogen (secondary N) is 2. The molecule has 0 bridgehead atoms. The Morgan fingerprint density at radius 3 is 3.00 bits per heavy atom. The number of hydrogen-bond donors (Lipinski definition) is 2. The third kappa shape index (κ3) is 3.58. The number of morpholine rings is 1. The second-order valence-electron chi connectivity index (χ2n) is 4.01. The Hall–Kier alpha value is -1.34. The maximum atomic E-state index is 12.5. The summed E-state index contributed by atoms with van der Waals surface area (Å²) in [5.74, 6) is 0.207. The van der Waals surface area contributed by atoms with Gasteiger partial charge in [-0.3, -0.25) is 0 Å². The van der Waals surface area contributed by atoms with Crippen LogP contribution in [-0.2, 0) is 10.9 Å². The minimum Gasteiger partial charge on any atom is -0.374 e. The third-order valence-corrected chi connectivity index (χ3v) is 2.60. The summed E-state index contributed by atoms with van der Waals surface area (Å²) in [6, 6.07) is 1.94. The van der Waals surface area contributed by atoms with Gasteiger partial charge in [0.25, 0.3) is 0 Å². The van der Waals surface area contributed by atoms with Crippen molar-refractivity contribution in [2.24, 2.45) is 0 Å². The topological polar surface area (TPSA) is 46.2 Å². The third-order valence-electron chi connectivity index (χ3n) is 2.60. The fourth-order valence-electron chi connectivity index (χ4n) is 1.67. The zero-order chi connectivity index (χ0) is 13.0. The van der Waals surface area contributed by atoms with Gasteiger partial charge in [-0.1, -0.05) is 0 Å². The number of hydrogen-bond acceptors (Lipinski definition) is 4. The molecule has 0 saturated carbocycles. The highest BCUT2D eigenvalue weighted by Crippen LogP contribution is 2.29. The van der Waals surface area contributed by atoms with E-state index in [0.717, 1.165) is 24.9 Å². The summed E-state index contributed by atoms with van der Waals surface area (Å²) in [4.78, 5) is 3.85. The van der Waals surface area contributed by atoms with Gasteiger partial charge in [0.2, 0.25) is 0 Å². The first kappa shape index (κ1) is 13.1. The van der Waals surface area contributed by atoms with Crippen LogP contribution in [0.25, 0.3) is 0 Å². The minimum absolute atomic E-state index is 0.0462. The van der Waals surface area contributed by atoms with Crippen molar-refractivity contribution in [3.8, 4) is 0 Å². The first-order valence-corrected chi connectivity index (χ1v) is 5.65. The van der Waals surface area contributed by atoms with E-state index in [4.69, 9.17) is 4.74 Å². The highest BCUT2D eigenvalue weighted by molar-refractivity contribution is 5.38. The Labute approximate surface area is 103 Å². The lowest BCUT2D eigenvalue weighted by molar-refractivity contribution is -0.137. The monoisotopic (exact) mass is 261 g/mol. The van der Waals surface area contributed by atoms with Crippen molar-refractivity contribution in [1.29, 1.82) is 0 Å². The van der Waals surface area contributed by atoms with Crippen molar-refractivity contribution in [3.05, 3.63) is 23.9 Å². The standard InChI is InChI=1S/C11H14F3N3O/c12-11(13,14)8-1-2-16-10(5-8)17-7-9-6-15-3-4-18-9/h1-2,5,9,15H,3-4,6-7H2,(H,16,17). The first-order chi connectivity index (χ1) is 8.55. The van der Waals surface area contributed by atoms with Crippen molar-refractivity contribution in [1.82, 2.24) is 10.3 Å². The highest BCUT2D eigenvalue weighted by Gasteiger charge is 2.30. The normalized spacial score (nSPS) is 20.7. The SMILES string of the molecule is FC(F)(F)c1ccnc(NCC2CNCCO2)c1. The maximum Gasteiger partial charge on any atom is 0.416 e. The van der Waals surface area contributed by atoms with Crippen LogP contribution in [0.1, 0.15) is 5.56 Å². The summed E-state index contributed by atoms with van der Waals surface area (Å²) in [6.07, 6.45) is -3.25. The lowest BCUT2D eigenvalue weighted by Crippen LogP contribution is -2.42. The lowest BCUT2D eigenvalue weighted by Gasteiger charge is -2.24. The van der Waals surface area contributed by atoms with E-state index in [1.54, 1.807) is 0 Å². The molecule has 1 aliphatic rings. The predicted molar refractivity (Wildman–Crippen MR) is 60.3 cm³/mol. The van der Waals surface area contributed by atoms with Crippen LogP contribution in [0, 0.1) is 0 Å². The Morgan fingerprint density at radius 1 is 1.50 bits per heavy atom. The molecule has 1 aromatic rings. The average Bonchev–Trinajstić information content (AvgIpc) is 2.37. The van der Waals surface area contributed by atoms with Gasteiger partial charge in [-0.15, -0.1) is 0 Å². The van der Waals surface area contributed by atoms with Gasteiger partial charge >= 0.3 is 6.18 Å². The lowest BCUT2D eigenvalue weighted by atomic mass is 10.2. The van der Waals surface area contributed by atoms with Crippen molar-refractivity contribution in [2.45, 2.75) is 12.3 Å². The summed E-state index contributed by atoms with van der Waals surface area (Å²) < 4.78 is 42.8. The molecule has 4 nitrogen and oxygen atoms in total. The van der Waals surface area contributed by atoms with E-state index in [0.29, 0.717) is 19.7 Å². The summed E-state index contributed by atoms with van der Waals surface area (Å²) in [6.45, 7) is 2.54. The van der Waals surface area contributed by atoms with Crippen LogP contribution >= 0.6 is 0 Å². The van der Waals surface area contributed by atoms with E-state index in [1.165, 1.54) is 0 Å². The van der Waals surface area contributed by atoms with Gasteiger partial charge in [-0.05, 0) is 12.1 Å². The van der Waals surface area contributed by atoms with Crippen LogP contribution in [-0.4, -0.2) is 37.3 Å². The summed E-state index contributed by atoms with van der Waals surface area (Å²) in [7, 11) is 0. The number of anilines is 1. The van der Waals surface area contributed by atoms with Crippen LogP contribution in [0.2, 0.25) is 0 Å². The van der Waals surface area contributed by atoms with E-state index in [9.17, 15) is 13.2 Å². The Balaban J connectivity index is 1.92. The highest BCUT2D eigenvalue weighted by atomic mass is 19.4. The van der Waals surface area contributed by atoms with Gasteiger partial charge in [-0.2, -0.15) is 13.2 Å². The number of nitrogens with zero attached hydrogens (tertiary/aromatic N) is 1. The average molecular weight is 261 g/mol. The van der Waals surface area contributed by atoms with E-state index in [-0.39, 0.29) is 11.9 Å². The Bertz CT molecular complexity index is 391. The van der Waals surface area contributed by atoms with Gasteiger partial charge in [0.1, 0.15) is 5.82 Å². The summed E-state index contributed by atoms with van der Waals surface area (Å²) in [5, 5.41) is 5.99. The molecule has 0 radical (unpaired) electrons. The fourth-order valence-corrected chi connectivity index (χ4v) is 1.67. The van der Waals surface area contributed by atoms with E-state index < -0.39 is 11.7 Å². The Morgan fingerprint density at radius 2 is 2.33 bits per heavy atom.